The molecule has 0 aliphatic heterocycles. The van der Waals surface area contributed by atoms with Crippen LogP contribution in [0, 0.1) is 17.5 Å². The van der Waals surface area contributed by atoms with Crippen LogP contribution in [0.1, 0.15) is 5.56 Å². The summed E-state index contributed by atoms with van der Waals surface area (Å²) in [5.41, 5.74) is 6.39. The summed E-state index contributed by atoms with van der Waals surface area (Å²) in [6, 6.07) is 10.5. The number of hydrogen-bond donors (Lipinski definition) is 2. The zero-order chi connectivity index (χ0) is 13.0. The van der Waals surface area contributed by atoms with Crippen molar-refractivity contribution in [1.29, 1.82) is 0 Å². The van der Waals surface area contributed by atoms with Gasteiger partial charge in [-0.2, -0.15) is 0 Å². The van der Waals surface area contributed by atoms with Crippen molar-refractivity contribution in [3.63, 3.8) is 0 Å². The van der Waals surface area contributed by atoms with Gasteiger partial charge in [-0.3, -0.25) is 0 Å². The SMILES string of the molecule is Fc1cc(F)c(CNNc2ccccc2)cc1F. The molecule has 0 fully saturated rings. The lowest BCUT2D eigenvalue weighted by Crippen LogP contribution is -2.21. The van der Waals surface area contributed by atoms with E-state index >= 15 is 0 Å². The van der Waals surface area contributed by atoms with Gasteiger partial charge in [0.05, 0.1) is 0 Å². The minimum Gasteiger partial charge on any atom is -0.321 e. The maximum absolute atomic E-state index is 13.3. The van der Waals surface area contributed by atoms with Gasteiger partial charge < -0.3 is 5.43 Å². The average Bonchev–Trinajstić information content (AvgIpc) is 2.37. The standard InChI is InChI=1S/C13H11F3N2/c14-11-7-13(16)12(15)6-9(11)8-17-18-10-4-2-1-3-5-10/h1-7,17-18H,8H2. The highest BCUT2D eigenvalue weighted by Gasteiger charge is 2.09. The lowest BCUT2D eigenvalue weighted by molar-refractivity contribution is 0.488. The molecule has 0 amide bonds. The van der Waals surface area contributed by atoms with Crippen molar-refractivity contribution in [2.75, 3.05) is 5.43 Å². The number of para-hydroxylation sites is 1. The van der Waals surface area contributed by atoms with Gasteiger partial charge >= 0.3 is 0 Å². The second-order valence-electron chi connectivity index (χ2n) is 3.70. The van der Waals surface area contributed by atoms with Gasteiger partial charge in [0.25, 0.3) is 0 Å². The smallest absolute Gasteiger partial charge is 0.161 e. The highest BCUT2D eigenvalue weighted by molar-refractivity contribution is 5.41. The van der Waals surface area contributed by atoms with Crippen molar-refractivity contribution in [2.24, 2.45) is 0 Å². The molecule has 94 valence electrons. The van der Waals surface area contributed by atoms with Gasteiger partial charge in [0.1, 0.15) is 5.82 Å². The molecule has 0 spiro atoms. The second kappa shape index (κ2) is 5.55. The molecule has 2 rings (SSSR count). The first-order valence-electron chi connectivity index (χ1n) is 5.34. The second-order valence-corrected chi connectivity index (χ2v) is 3.70. The van der Waals surface area contributed by atoms with E-state index in [0.29, 0.717) is 6.07 Å². The first kappa shape index (κ1) is 12.4. The number of rotatable bonds is 4. The number of hydrogen-bond acceptors (Lipinski definition) is 2. The van der Waals surface area contributed by atoms with Crippen LogP contribution in [-0.4, -0.2) is 0 Å². The van der Waals surface area contributed by atoms with Crippen LogP contribution in [0.15, 0.2) is 42.5 Å². The quantitative estimate of drug-likeness (QED) is 0.645. The molecule has 0 saturated carbocycles. The molecular weight excluding hydrogens is 241 g/mol. The third kappa shape index (κ3) is 3.01. The zero-order valence-corrected chi connectivity index (χ0v) is 9.38. The van der Waals surface area contributed by atoms with E-state index < -0.39 is 17.5 Å². The number of benzene rings is 2. The first-order chi connectivity index (χ1) is 8.66. The minimum atomic E-state index is -1.19. The van der Waals surface area contributed by atoms with Crippen LogP contribution in [0.25, 0.3) is 0 Å². The molecule has 0 radical (unpaired) electrons. The number of nitrogens with one attached hydrogen (secondary N) is 2. The Labute approximate surface area is 102 Å². The Balaban J connectivity index is 1.97. The molecule has 0 unspecified atom stereocenters. The summed E-state index contributed by atoms with van der Waals surface area (Å²) in [5, 5.41) is 0. The molecule has 2 aromatic rings. The number of hydrazine groups is 1. The van der Waals surface area contributed by atoms with Crippen LogP contribution in [0.4, 0.5) is 18.9 Å². The molecule has 0 saturated heterocycles. The molecular formula is C13H11F3N2. The van der Waals surface area contributed by atoms with Gasteiger partial charge in [-0.25, -0.2) is 18.6 Å². The third-order valence-corrected chi connectivity index (χ3v) is 2.37. The van der Waals surface area contributed by atoms with E-state index in [1.54, 1.807) is 0 Å². The molecule has 0 aliphatic rings. The first-order valence-corrected chi connectivity index (χ1v) is 5.34. The molecule has 2 nitrogen and oxygen atoms in total. The maximum atomic E-state index is 13.3. The van der Waals surface area contributed by atoms with Crippen LogP contribution < -0.4 is 10.9 Å². The Morgan fingerprint density at radius 1 is 0.833 bits per heavy atom. The molecule has 0 aromatic heterocycles. The van der Waals surface area contributed by atoms with Gasteiger partial charge in [0.15, 0.2) is 11.6 Å². The topological polar surface area (TPSA) is 24.1 Å². The number of halogens is 3. The normalized spacial score (nSPS) is 10.4. The molecule has 5 heteroatoms. The molecule has 2 N–H and O–H groups in total. The minimum absolute atomic E-state index is 0.0396. The highest BCUT2D eigenvalue weighted by Crippen LogP contribution is 2.13. The Kier molecular flexibility index (Phi) is 3.84. The fraction of sp³-hybridized carbons (Fsp3) is 0.0769. The Morgan fingerprint density at radius 2 is 1.50 bits per heavy atom. The van der Waals surface area contributed by atoms with Crippen LogP contribution in [0.3, 0.4) is 0 Å². The summed E-state index contributed by atoms with van der Waals surface area (Å²) in [6.45, 7) is 0.0396. The van der Waals surface area contributed by atoms with Gasteiger partial charge in [0, 0.05) is 23.9 Å². The maximum Gasteiger partial charge on any atom is 0.161 e. The Hall–Kier alpha value is -2.01. The predicted molar refractivity (Wildman–Crippen MR) is 63.2 cm³/mol. The lowest BCUT2D eigenvalue weighted by Gasteiger charge is -2.09. The van der Waals surface area contributed by atoms with E-state index in [9.17, 15) is 13.2 Å². The summed E-state index contributed by atoms with van der Waals surface area (Å²) in [6.07, 6.45) is 0. The van der Waals surface area contributed by atoms with Gasteiger partial charge in [-0.1, -0.05) is 18.2 Å². The van der Waals surface area contributed by atoms with Crippen LogP contribution >= 0.6 is 0 Å². The van der Waals surface area contributed by atoms with Crippen molar-refractivity contribution in [1.82, 2.24) is 5.43 Å². The van der Waals surface area contributed by atoms with Crippen LogP contribution in [0.5, 0.6) is 0 Å². The zero-order valence-electron chi connectivity index (χ0n) is 9.38. The molecule has 0 heterocycles. The van der Waals surface area contributed by atoms with Crippen molar-refractivity contribution < 1.29 is 13.2 Å². The van der Waals surface area contributed by atoms with Crippen molar-refractivity contribution in [3.05, 3.63) is 65.5 Å². The predicted octanol–water partition coefficient (Wildman–Crippen LogP) is 3.22. The molecule has 0 aliphatic carbocycles. The Bertz CT molecular complexity index is 529. The monoisotopic (exact) mass is 252 g/mol. The molecule has 18 heavy (non-hydrogen) atoms. The van der Waals surface area contributed by atoms with E-state index in [4.69, 9.17) is 0 Å². The fourth-order valence-electron chi connectivity index (χ4n) is 1.46. The lowest BCUT2D eigenvalue weighted by atomic mass is 10.2. The van der Waals surface area contributed by atoms with Gasteiger partial charge in [-0.15, -0.1) is 0 Å². The van der Waals surface area contributed by atoms with E-state index in [0.717, 1.165) is 11.8 Å². The third-order valence-electron chi connectivity index (χ3n) is 2.37. The van der Waals surface area contributed by atoms with E-state index in [2.05, 4.69) is 10.9 Å². The van der Waals surface area contributed by atoms with Gasteiger partial charge in [-0.05, 0) is 18.2 Å². The summed E-state index contributed by atoms with van der Waals surface area (Å²) in [4.78, 5) is 0. The number of anilines is 1. The van der Waals surface area contributed by atoms with Gasteiger partial charge in [0.2, 0.25) is 0 Å². The fourth-order valence-corrected chi connectivity index (χ4v) is 1.46. The van der Waals surface area contributed by atoms with Crippen molar-refractivity contribution >= 4 is 5.69 Å². The highest BCUT2D eigenvalue weighted by atomic mass is 19.2. The molecule has 0 bridgehead atoms. The summed E-state index contributed by atoms with van der Waals surface area (Å²) < 4.78 is 38.9. The molecule has 2 aromatic carbocycles. The molecule has 0 atom stereocenters. The summed E-state index contributed by atoms with van der Waals surface area (Å²) in [7, 11) is 0. The van der Waals surface area contributed by atoms with E-state index in [1.807, 2.05) is 30.3 Å². The van der Waals surface area contributed by atoms with Crippen LogP contribution in [0.2, 0.25) is 0 Å². The Morgan fingerprint density at radius 3 is 2.22 bits per heavy atom. The van der Waals surface area contributed by atoms with Crippen molar-refractivity contribution in [2.45, 2.75) is 6.54 Å². The van der Waals surface area contributed by atoms with Crippen molar-refractivity contribution in [3.8, 4) is 0 Å². The van der Waals surface area contributed by atoms with E-state index in [-0.39, 0.29) is 12.1 Å². The largest absolute Gasteiger partial charge is 0.321 e. The van der Waals surface area contributed by atoms with E-state index in [1.165, 1.54) is 0 Å². The summed E-state index contributed by atoms with van der Waals surface area (Å²) >= 11 is 0. The van der Waals surface area contributed by atoms with Crippen LogP contribution in [-0.2, 0) is 6.54 Å². The average molecular weight is 252 g/mol. The summed E-state index contributed by atoms with van der Waals surface area (Å²) in [5.74, 6) is -3.03.